The molecular formula is C16H22N4O2. The highest BCUT2D eigenvalue weighted by atomic mass is 16.6. The van der Waals surface area contributed by atoms with Crippen molar-refractivity contribution in [2.24, 2.45) is 0 Å². The number of nitro groups is 1. The van der Waals surface area contributed by atoms with Crippen molar-refractivity contribution >= 4 is 11.4 Å². The summed E-state index contributed by atoms with van der Waals surface area (Å²) in [6.07, 6.45) is 1.74. The zero-order valence-electron chi connectivity index (χ0n) is 13.4. The van der Waals surface area contributed by atoms with Crippen molar-refractivity contribution in [2.45, 2.75) is 57.7 Å². The van der Waals surface area contributed by atoms with E-state index < -0.39 is 4.92 Å². The minimum atomic E-state index is -0.444. The molecule has 2 N–H and O–H groups in total. The van der Waals surface area contributed by atoms with Gasteiger partial charge in [-0.15, -0.1) is 0 Å². The zero-order chi connectivity index (χ0) is 16.5. The third-order valence-corrected chi connectivity index (χ3v) is 3.87. The predicted molar refractivity (Wildman–Crippen MR) is 85.7 cm³/mol. The molecule has 22 heavy (non-hydrogen) atoms. The Morgan fingerprint density at radius 2 is 1.91 bits per heavy atom. The Morgan fingerprint density at radius 3 is 2.41 bits per heavy atom. The standard InChI is InChI=1S/C16H22N4O2/c1-15(2)8-12(9-16(3,4)19-15)18-13-6-5-11(10-17)7-14(13)20(21)22/h5-7,12,18-19H,8-9H2,1-4H3. The fourth-order valence-electron chi connectivity index (χ4n) is 3.52. The summed E-state index contributed by atoms with van der Waals surface area (Å²) in [7, 11) is 0. The molecule has 1 aliphatic heterocycles. The third-order valence-electron chi connectivity index (χ3n) is 3.87. The van der Waals surface area contributed by atoms with Crippen LogP contribution >= 0.6 is 0 Å². The third kappa shape index (κ3) is 3.74. The maximum atomic E-state index is 11.2. The number of rotatable bonds is 3. The molecule has 1 aromatic rings. The molecule has 1 fully saturated rings. The maximum absolute atomic E-state index is 11.2. The Hall–Kier alpha value is -2.13. The van der Waals surface area contributed by atoms with Crippen LogP contribution in [0.2, 0.25) is 0 Å². The van der Waals surface area contributed by atoms with Crippen molar-refractivity contribution in [3.63, 3.8) is 0 Å². The van der Waals surface area contributed by atoms with Gasteiger partial charge in [-0.25, -0.2) is 0 Å². The molecule has 6 heteroatoms. The molecule has 0 saturated carbocycles. The minimum Gasteiger partial charge on any atom is -0.377 e. The molecule has 1 saturated heterocycles. The van der Waals surface area contributed by atoms with Gasteiger partial charge in [-0.3, -0.25) is 10.1 Å². The molecule has 0 atom stereocenters. The van der Waals surface area contributed by atoms with Crippen LogP contribution in [0.5, 0.6) is 0 Å². The Balaban J connectivity index is 2.27. The molecule has 6 nitrogen and oxygen atoms in total. The van der Waals surface area contributed by atoms with Gasteiger partial charge in [0.15, 0.2) is 0 Å². The van der Waals surface area contributed by atoms with Gasteiger partial charge in [0.2, 0.25) is 0 Å². The van der Waals surface area contributed by atoms with Gasteiger partial charge >= 0.3 is 0 Å². The van der Waals surface area contributed by atoms with E-state index in [9.17, 15) is 10.1 Å². The van der Waals surface area contributed by atoms with Gasteiger partial charge in [-0.1, -0.05) is 0 Å². The first-order chi connectivity index (χ1) is 10.1. The molecule has 0 aliphatic carbocycles. The first-order valence-corrected chi connectivity index (χ1v) is 7.36. The van der Waals surface area contributed by atoms with E-state index in [4.69, 9.17) is 5.26 Å². The van der Waals surface area contributed by atoms with Gasteiger partial charge < -0.3 is 10.6 Å². The molecule has 0 unspecified atom stereocenters. The summed E-state index contributed by atoms with van der Waals surface area (Å²) < 4.78 is 0. The van der Waals surface area contributed by atoms with Crippen LogP contribution in [-0.4, -0.2) is 22.0 Å². The quantitative estimate of drug-likeness (QED) is 0.661. The monoisotopic (exact) mass is 302 g/mol. The molecule has 0 amide bonds. The van der Waals surface area contributed by atoms with Crippen LogP contribution in [0.4, 0.5) is 11.4 Å². The van der Waals surface area contributed by atoms with Crippen molar-refractivity contribution in [2.75, 3.05) is 5.32 Å². The van der Waals surface area contributed by atoms with E-state index in [1.54, 1.807) is 12.1 Å². The fraction of sp³-hybridized carbons (Fsp3) is 0.562. The predicted octanol–water partition coefficient (Wildman–Crippen LogP) is 3.19. The maximum Gasteiger partial charge on any atom is 0.293 e. The molecule has 1 heterocycles. The lowest BCUT2D eigenvalue weighted by molar-refractivity contribution is -0.384. The number of benzene rings is 1. The number of hydrogen-bond acceptors (Lipinski definition) is 5. The molecule has 1 aromatic carbocycles. The van der Waals surface area contributed by atoms with Crippen molar-refractivity contribution < 1.29 is 4.92 Å². The first kappa shape index (κ1) is 16.2. The highest BCUT2D eigenvalue weighted by Gasteiger charge is 2.38. The van der Waals surface area contributed by atoms with Crippen molar-refractivity contribution in [1.82, 2.24) is 5.32 Å². The molecule has 0 bridgehead atoms. The second-order valence-electron chi connectivity index (χ2n) is 7.24. The summed E-state index contributed by atoms with van der Waals surface area (Å²) in [5.41, 5.74) is 0.639. The molecular weight excluding hydrogens is 280 g/mol. The van der Waals surface area contributed by atoms with E-state index in [0.717, 1.165) is 12.8 Å². The first-order valence-electron chi connectivity index (χ1n) is 7.36. The highest BCUT2D eigenvalue weighted by Crippen LogP contribution is 2.33. The van der Waals surface area contributed by atoms with E-state index >= 15 is 0 Å². The van der Waals surface area contributed by atoms with Crippen LogP contribution in [0, 0.1) is 21.4 Å². The van der Waals surface area contributed by atoms with Crippen LogP contribution in [0.25, 0.3) is 0 Å². The second kappa shape index (κ2) is 5.58. The zero-order valence-corrected chi connectivity index (χ0v) is 13.4. The molecule has 0 radical (unpaired) electrons. The summed E-state index contributed by atoms with van der Waals surface area (Å²) in [5.74, 6) is 0. The van der Waals surface area contributed by atoms with Gasteiger partial charge in [-0.05, 0) is 52.7 Å². The Kier molecular flexibility index (Phi) is 4.12. The van der Waals surface area contributed by atoms with E-state index in [-0.39, 0.29) is 22.8 Å². The topological polar surface area (TPSA) is 91.0 Å². The van der Waals surface area contributed by atoms with Crippen molar-refractivity contribution in [3.05, 3.63) is 33.9 Å². The molecule has 0 spiro atoms. The lowest BCUT2D eigenvalue weighted by atomic mass is 9.79. The second-order valence-corrected chi connectivity index (χ2v) is 7.24. The summed E-state index contributed by atoms with van der Waals surface area (Å²) >= 11 is 0. The van der Waals surface area contributed by atoms with Gasteiger partial charge in [0, 0.05) is 23.2 Å². The van der Waals surface area contributed by atoms with E-state index in [0.29, 0.717) is 11.3 Å². The average Bonchev–Trinajstić information content (AvgIpc) is 2.35. The van der Waals surface area contributed by atoms with E-state index in [1.165, 1.54) is 6.07 Å². The SMILES string of the molecule is CC1(C)CC(Nc2ccc(C#N)cc2[N+](=O)[O-])CC(C)(C)N1. The van der Waals surface area contributed by atoms with Crippen molar-refractivity contribution in [1.29, 1.82) is 5.26 Å². The van der Waals surface area contributed by atoms with Crippen LogP contribution in [0.1, 0.15) is 46.1 Å². The van der Waals surface area contributed by atoms with Crippen LogP contribution < -0.4 is 10.6 Å². The number of nitriles is 1. The number of anilines is 1. The number of nitrogens with zero attached hydrogens (tertiary/aromatic N) is 2. The van der Waals surface area contributed by atoms with Crippen LogP contribution in [0.3, 0.4) is 0 Å². The van der Waals surface area contributed by atoms with Gasteiger partial charge in [0.25, 0.3) is 5.69 Å². The molecule has 118 valence electrons. The molecule has 2 rings (SSSR count). The Labute approximate surface area is 130 Å². The number of piperidine rings is 1. The van der Waals surface area contributed by atoms with Crippen LogP contribution in [-0.2, 0) is 0 Å². The summed E-state index contributed by atoms with van der Waals surface area (Å²) in [6.45, 7) is 8.54. The fourth-order valence-corrected chi connectivity index (χ4v) is 3.52. The highest BCUT2D eigenvalue weighted by molar-refractivity contribution is 5.64. The lowest BCUT2D eigenvalue weighted by Gasteiger charge is -2.46. The largest absolute Gasteiger partial charge is 0.377 e. The van der Waals surface area contributed by atoms with Gasteiger partial charge in [0.1, 0.15) is 5.69 Å². The smallest absolute Gasteiger partial charge is 0.293 e. The van der Waals surface area contributed by atoms with Gasteiger partial charge in [-0.2, -0.15) is 5.26 Å². The minimum absolute atomic E-state index is 0.0409. The summed E-state index contributed by atoms with van der Waals surface area (Å²) in [5, 5.41) is 27.0. The molecule has 0 aromatic heterocycles. The Bertz CT molecular complexity index is 616. The van der Waals surface area contributed by atoms with E-state index in [1.807, 2.05) is 6.07 Å². The van der Waals surface area contributed by atoms with Crippen molar-refractivity contribution in [3.8, 4) is 6.07 Å². The summed E-state index contributed by atoms with van der Waals surface area (Å²) in [4.78, 5) is 10.8. The van der Waals surface area contributed by atoms with E-state index in [2.05, 4.69) is 38.3 Å². The lowest BCUT2D eigenvalue weighted by Crippen LogP contribution is -2.60. The normalized spacial score (nSPS) is 20.1. The Morgan fingerprint density at radius 1 is 1.32 bits per heavy atom. The number of nitro benzene ring substituents is 1. The van der Waals surface area contributed by atoms with Gasteiger partial charge in [0.05, 0.1) is 16.6 Å². The summed E-state index contributed by atoms with van der Waals surface area (Å²) in [6, 6.07) is 6.62. The van der Waals surface area contributed by atoms with Crippen LogP contribution in [0.15, 0.2) is 18.2 Å². The number of nitrogens with one attached hydrogen (secondary N) is 2. The number of hydrogen-bond donors (Lipinski definition) is 2. The molecule has 1 aliphatic rings. The average molecular weight is 302 g/mol.